The molecular formula is C15H18FN5OS. The maximum Gasteiger partial charge on any atom is 0.318 e. The van der Waals surface area contributed by atoms with Crippen LogP contribution in [0.15, 0.2) is 29.4 Å². The molecule has 0 unspecified atom stereocenters. The van der Waals surface area contributed by atoms with Crippen molar-refractivity contribution in [1.82, 2.24) is 25.0 Å². The minimum absolute atomic E-state index is 0.170. The molecule has 3 rings (SSSR count). The lowest BCUT2D eigenvalue weighted by Gasteiger charge is -2.28. The summed E-state index contributed by atoms with van der Waals surface area (Å²) in [5.74, 6) is 1.26. The largest absolute Gasteiger partial charge is 0.331 e. The summed E-state index contributed by atoms with van der Waals surface area (Å²) in [5.41, 5.74) is 0.849. The first-order chi connectivity index (χ1) is 11.1. The molecule has 2 amide bonds. The van der Waals surface area contributed by atoms with E-state index in [1.54, 1.807) is 29.7 Å². The number of rotatable bonds is 3. The van der Waals surface area contributed by atoms with Crippen LogP contribution >= 0.6 is 11.8 Å². The minimum Gasteiger partial charge on any atom is -0.331 e. The van der Waals surface area contributed by atoms with Crippen molar-refractivity contribution in [2.24, 2.45) is 7.05 Å². The van der Waals surface area contributed by atoms with Crippen molar-refractivity contribution in [1.29, 1.82) is 0 Å². The van der Waals surface area contributed by atoms with E-state index in [-0.39, 0.29) is 17.9 Å². The van der Waals surface area contributed by atoms with Gasteiger partial charge in [-0.05, 0) is 18.1 Å². The normalized spacial score (nSPS) is 16.7. The molecule has 1 aromatic heterocycles. The van der Waals surface area contributed by atoms with Crippen molar-refractivity contribution in [2.75, 3.05) is 12.8 Å². The summed E-state index contributed by atoms with van der Waals surface area (Å²) in [6.45, 7) is 0.361. The number of halogens is 1. The molecule has 0 radical (unpaired) electrons. The Bertz CT molecular complexity index is 720. The van der Waals surface area contributed by atoms with Crippen molar-refractivity contribution in [3.63, 3.8) is 0 Å². The van der Waals surface area contributed by atoms with Gasteiger partial charge in [-0.2, -0.15) is 5.10 Å². The molecule has 0 saturated heterocycles. The van der Waals surface area contributed by atoms with Gasteiger partial charge in [0.05, 0.1) is 12.6 Å². The van der Waals surface area contributed by atoms with Crippen LogP contribution in [0, 0.1) is 5.82 Å². The fourth-order valence-corrected chi connectivity index (χ4v) is 3.68. The summed E-state index contributed by atoms with van der Waals surface area (Å²) in [4.78, 5) is 18.7. The van der Waals surface area contributed by atoms with E-state index in [0.717, 1.165) is 17.7 Å². The molecule has 1 aromatic carbocycles. The van der Waals surface area contributed by atoms with Gasteiger partial charge in [0.15, 0.2) is 0 Å². The zero-order valence-corrected chi connectivity index (χ0v) is 13.8. The molecule has 23 heavy (non-hydrogen) atoms. The summed E-state index contributed by atoms with van der Waals surface area (Å²) in [7, 11) is 3.49. The quantitative estimate of drug-likeness (QED) is 0.935. The standard InChI is InChI=1S/C15H18FN5OS/c1-20(8-13-17-9-18-21(13)2)15(22)19-12-6-7-23-14-10(12)4-3-5-11(14)16/h3-5,9,12H,6-8H2,1-2H3,(H,19,22)/t12-/m0/s1. The third kappa shape index (κ3) is 3.31. The molecule has 1 N–H and O–H groups in total. The Morgan fingerprint density at radius 1 is 1.57 bits per heavy atom. The SMILES string of the molecule is CN(Cc1ncnn1C)C(=O)N[C@H]1CCSc2c(F)cccc21. The number of fused-ring (bicyclic) bond motifs is 1. The first-order valence-electron chi connectivity index (χ1n) is 7.32. The third-order valence-corrected chi connectivity index (χ3v) is 5.01. The van der Waals surface area contributed by atoms with Crippen LogP contribution in [0.25, 0.3) is 0 Å². The van der Waals surface area contributed by atoms with Crippen LogP contribution < -0.4 is 5.32 Å². The highest BCUT2D eigenvalue weighted by molar-refractivity contribution is 7.99. The predicted octanol–water partition coefficient (Wildman–Crippen LogP) is 2.33. The summed E-state index contributed by atoms with van der Waals surface area (Å²) in [6.07, 6.45) is 2.24. The van der Waals surface area contributed by atoms with E-state index in [2.05, 4.69) is 15.4 Å². The Morgan fingerprint density at radius 3 is 3.13 bits per heavy atom. The molecule has 1 atom stereocenters. The van der Waals surface area contributed by atoms with Crippen LogP contribution in [-0.4, -0.2) is 38.5 Å². The van der Waals surface area contributed by atoms with Gasteiger partial charge in [-0.1, -0.05) is 12.1 Å². The van der Waals surface area contributed by atoms with Crippen molar-refractivity contribution in [3.05, 3.63) is 41.7 Å². The highest BCUT2D eigenvalue weighted by Crippen LogP contribution is 2.37. The molecule has 122 valence electrons. The van der Waals surface area contributed by atoms with E-state index in [4.69, 9.17) is 0 Å². The second-order valence-electron chi connectivity index (χ2n) is 5.45. The summed E-state index contributed by atoms with van der Waals surface area (Å²) < 4.78 is 15.5. The number of carbonyl (C=O) groups is 1. The lowest BCUT2D eigenvalue weighted by molar-refractivity contribution is 0.200. The van der Waals surface area contributed by atoms with Gasteiger partial charge in [0.1, 0.15) is 18.0 Å². The second-order valence-corrected chi connectivity index (χ2v) is 6.56. The highest BCUT2D eigenvalue weighted by atomic mass is 32.2. The molecule has 8 heteroatoms. The number of nitrogens with zero attached hydrogens (tertiary/aromatic N) is 4. The molecule has 6 nitrogen and oxygen atoms in total. The maximum absolute atomic E-state index is 13.9. The van der Waals surface area contributed by atoms with Gasteiger partial charge < -0.3 is 10.2 Å². The third-order valence-electron chi connectivity index (χ3n) is 3.85. The lowest BCUT2D eigenvalue weighted by Crippen LogP contribution is -2.40. The van der Waals surface area contributed by atoms with Crippen LogP contribution in [-0.2, 0) is 13.6 Å². The van der Waals surface area contributed by atoms with Crippen LogP contribution in [0.3, 0.4) is 0 Å². The maximum atomic E-state index is 13.9. The smallest absolute Gasteiger partial charge is 0.318 e. The fraction of sp³-hybridized carbons (Fsp3) is 0.400. The topological polar surface area (TPSA) is 63.1 Å². The molecule has 1 aliphatic heterocycles. The fourth-order valence-electron chi connectivity index (χ4n) is 2.54. The van der Waals surface area contributed by atoms with Gasteiger partial charge in [0.25, 0.3) is 0 Å². The van der Waals surface area contributed by atoms with Crippen molar-refractivity contribution >= 4 is 17.8 Å². The molecule has 1 aliphatic rings. The van der Waals surface area contributed by atoms with Gasteiger partial charge >= 0.3 is 6.03 Å². The number of carbonyl (C=O) groups excluding carboxylic acids is 1. The molecule has 0 aliphatic carbocycles. The van der Waals surface area contributed by atoms with Gasteiger partial charge in [-0.25, -0.2) is 14.2 Å². The van der Waals surface area contributed by atoms with Crippen LogP contribution in [0.1, 0.15) is 23.9 Å². The van der Waals surface area contributed by atoms with Crippen molar-refractivity contribution < 1.29 is 9.18 Å². The van der Waals surface area contributed by atoms with E-state index >= 15 is 0 Å². The van der Waals surface area contributed by atoms with Crippen LogP contribution in [0.2, 0.25) is 0 Å². The number of hydrogen-bond acceptors (Lipinski definition) is 4. The number of aromatic nitrogens is 3. The molecule has 2 heterocycles. The zero-order valence-electron chi connectivity index (χ0n) is 13.0. The van der Waals surface area contributed by atoms with E-state index in [0.29, 0.717) is 17.3 Å². The number of thioether (sulfide) groups is 1. The van der Waals surface area contributed by atoms with Gasteiger partial charge in [-0.3, -0.25) is 4.68 Å². The van der Waals surface area contributed by atoms with E-state index < -0.39 is 0 Å². The Labute approximate surface area is 138 Å². The lowest BCUT2D eigenvalue weighted by atomic mass is 10.0. The zero-order chi connectivity index (χ0) is 16.4. The van der Waals surface area contributed by atoms with Gasteiger partial charge in [0, 0.05) is 24.7 Å². The number of amides is 2. The molecule has 0 saturated carbocycles. The van der Waals surface area contributed by atoms with Crippen molar-refractivity contribution in [2.45, 2.75) is 23.9 Å². The average molecular weight is 335 g/mol. The molecule has 0 spiro atoms. The Kier molecular flexibility index (Phi) is 4.51. The number of urea groups is 1. The molecule has 0 bridgehead atoms. The summed E-state index contributed by atoms with van der Waals surface area (Å²) in [6, 6.07) is 4.63. The number of nitrogens with one attached hydrogen (secondary N) is 1. The first-order valence-corrected chi connectivity index (χ1v) is 8.30. The Morgan fingerprint density at radius 2 is 2.39 bits per heavy atom. The molecular weight excluding hydrogens is 317 g/mol. The first kappa shape index (κ1) is 15.8. The monoisotopic (exact) mass is 335 g/mol. The molecule has 2 aromatic rings. The van der Waals surface area contributed by atoms with Crippen LogP contribution in [0.5, 0.6) is 0 Å². The number of hydrogen-bond donors (Lipinski definition) is 1. The Balaban J connectivity index is 1.69. The minimum atomic E-state index is -0.223. The van der Waals surface area contributed by atoms with E-state index in [9.17, 15) is 9.18 Å². The van der Waals surface area contributed by atoms with Crippen LogP contribution in [0.4, 0.5) is 9.18 Å². The summed E-state index contributed by atoms with van der Waals surface area (Å²) >= 11 is 1.50. The van der Waals surface area contributed by atoms with Crippen molar-refractivity contribution in [3.8, 4) is 0 Å². The number of aryl methyl sites for hydroxylation is 1. The number of benzene rings is 1. The second kappa shape index (κ2) is 6.57. The van der Waals surface area contributed by atoms with E-state index in [1.807, 2.05) is 6.07 Å². The van der Waals surface area contributed by atoms with Gasteiger partial charge in [-0.15, -0.1) is 11.8 Å². The average Bonchev–Trinajstić information content (AvgIpc) is 2.93. The molecule has 0 fully saturated rings. The van der Waals surface area contributed by atoms with E-state index in [1.165, 1.54) is 24.2 Å². The predicted molar refractivity (Wildman–Crippen MR) is 85.5 cm³/mol. The Hall–Kier alpha value is -2.09. The highest BCUT2D eigenvalue weighted by Gasteiger charge is 2.25. The van der Waals surface area contributed by atoms with Gasteiger partial charge in [0.2, 0.25) is 0 Å². The summed E-state index contributed by atoms with van der Waals surface area (Å²) in [5, 5.41) is 6.97.